The molecule has 6 nitrogen and oxygen atoms in total. The summed E-state index contributed by atoms with van der Waals surface area (Å²) in [5, 5.41) is 12.8. The van der Waals surface area contributed by atoms with Crippen molar-refractivity contribution in [2.75, 3.05) is 13.2 Å². The Kier molecular flexibility index (Phi) is 5.28. The minimum Gasteiger partial charge on any atom is -0.487 e. The van der Waals surface area contributed by atoms with E-state index in [0.29, 0.717) is 36.3 Å². The van der Waals surface area contributed by atoms with Crippen molar-refractivity contribution in [3.63, 3.8) is 0 Å². The van der Waals surface area contributed by atoms with Crippen LogP contribution in [0.25, 0.3) is 11.1 Å². The number of carbonyl (C=O) groups is 1. The van der Waals surface area contributed by atoms with E-state index >= 15 is 8.78 Å². The molecule has 186 valence electrons. The molecule has 8 heteroatoms. The molecule has 2 unspecified atom stereocenters. The topological polar surface area (TPSA) is 93.8 Å². The molecule has 3 heterocycles. The largest absolute Gasteiger partial charge is 0.487 e. The summed E-state index contributed by atoms with van der Waals surface area (Å²) in [5.74, 6) is -3.65. The molecule has 1 saturated heterocycles. The highest BCUT2D eigenvalue weighted by molar-refractivity contribution is 6.01. The number of aliphatic hydroxyl groups excluding tert-OH is 1. The molecule has 3 aromatic rings. The second-order valence-electron chi connectivity index (χ2n) is 9.60. The zero-order valence-electron chi connectivity index (χ0n) is 19.5. The zero-order valence-corrected chi connectivity index (χ0v) is 19.5. The third-order valence-electron chi connectivity index (χ3n) is 7.53. The number of halogens is 2. The number of ether oxygens (including phenoxy) is 2. The predicted octanol–water partition coefficient (Wildman–Crippen LogP) is 3.88. The number of hydrogen-bond acceptors (Lipinski definition) is 5. The van der Waals surface area contributed by atoms with E-state index in [-0.39, 0.29) is 34.6 Å². The lowest BCUT2D eigenvalue weighted by Crippen LogP contribution is -2.56. The van der Waals surface area contributed by atoms with Gasteiger partial charge in [0, 0.05) is 17.5 Å². The number of rotatable bonds is 5. The van der Waals surface area contributed by atoms with Crippen LogP contribution in [0.15, 0.2) is 60.7 Å². The van der Waals surface area contributed by atoms with Crippen LogP contribution in [0.4, 0.5) is 8.78 Å². The Morgan fingerprint density at radius 2 is 1.89 bits per heavy atom. The van der Waals surface area contributed by atoms with E-state index in [2.05, 4.69) is 5.32 Å². The van der Waals surface area contributed by atoms with Gasteiger partial charge >= 0.3 is 5.92 Å². The van der Waals surface area contributed by atoms with Crippen LogP contribution < -0.4 is 20.5 Å². The summed E-state index contributed by atoms with van der Waals surface area (Å²) in [7, 11) is 0. The molecular formula is C28H26F2N2O4. The van der Waals surface area contributed by atoms with Crippen molar-refractivity contribution in [3.05, 3.63) is 82.9 Å². The van der Waals surface area contributed by atoms with E-state index in [1.807, 2.05) is 0 Å². The van der Waals surface area contributed by atoms with Crippen molar-refractivity contribution in [2.45, 2.75) is 42.9 Å². The SMILES string of the molecule is NC(=O)c1cc2c(cc1-c1cccc3c1C(F)(F)C(c1ccccc1)([C@@H]1CCCN1)O3)OC(CO)C2. The fourth-order valence-corrected chi connectivity index (χ4v) is 5.93. The summed E-state index contributed by atoms with van der Waals surface area (Å²) in [6.07, 6.45) is 1.25. The molecule has 1 amide bonds. The number of primary amides is 1. The molecule has 6 rings (SSSR count). The second kappa shape index (κ2) is 8.28. The second-order valence-corrected chi connectivity index (χ2v) is 9.60. The van der Waals surface area contributed by atoms with Gasteiger partial charge < -0.3 is 25.6 Å². The van der Waals surface area contributed by atoms with Crippen molar-refractivity contribution in [2.24, 2.45) is 5.73 Å². The number of nitrogens with two attached hydrogens (primary N) is 1. The van der Waals surface area contributed by atoms with Gasteiger partial charge in [-0.1, -0.05) is 42.5 Å². The quantitative estimate of drug-likeness (QED) is 0.503. The van der Waals surface area contributed by atoms with Gasteiger partial charge in [0.25, 0.3) is 0 Å². The molecular weight excluding hydrogens is 466 g/mol. The fraction of sp³-hybridized carbons (Fsp3) is 0.321. The molecule has 3 atom stereocenters. The number of nitrogens with one attached hydrogen (secondary N) is 1. The lowest BCUT2D eigenvalue weighted by atomic mass is 9.77. The third kappa shape index (κ3) is 3.17. The lowest BCUT2D eigenvalue weighted by molar-refractivity contribution is -0.168. The maximum atomic E-state index is 16.9. The Labute approximate surface area is 207 Å². The summed E-state index contributed by atoms with van der Waals surface area (Å²) in [4.78, 5) is 12.5. The molecule has 3 aliphatic rings. The summed E-state index contributed by atoms with van der Waals surface area (Å²) >= 11 is 0. The van der Waals surface area contributed by atoms with Crippen molar-refractivity contribution in [1.82, 2.24) is 5.32 Å². The van der Waals surface area contributed by atoms with E-state index < -0.39 is 29.6 Å². The van der Waals surface area contributed by atoms with E-state index in [1.165, 1.54) is 0 Å². The number of benzene rings is 3. The molecule has 0 radical (unpaired) electrons. The van der Waals surface area contributed by atoms with Gasteiger partial charge in [0.05, 0.1) is 18.2 Å². The maximum absolute atomic E-state index is 16.9. The van der Waals surface area contributed by atoms with E-state index in [4.69, 9.17) is 15.2 Å². The monoisotopic (exact) mass is 492 g/mol. The van der Waals surface area contributed by atoms with Gasteiger partial charge in [-0.15, -0.1) is 0 Å². The standard InChI is InChI=1S/C28H26F2N2O4/c29-28(30)25-19(20-14-23-16(12-18(15-33)35-23)13-21(20)26(31)34)8-4-9-22(25)36-27(28,24-10-5-11-32-24)17-6-2-1-3-7-17/h1-4,6-9,13-14,18,24,32-33H,5,10-12,15H2,(H2,31,34)/t18?,24-,27?/m0/s1. The van der Waals surface area contributed by atoms with E-state index in [9.17, 15) is 9.90 Å². The van der Waals surface area contributed by atoms with Crippen molar-refractivity contribution in [3.8, 4) is 22.6 Å². The van der Waals surface area contributed by atoms with E-state index in [0.717, 1.165) is 6.42 Å². The minimum atomic E-state index is -3.44. The van der Waals surface area contributed by atoms with Gasteiger partial charge in [-0.05, 0) is 54.3 Å². The molecule has 4 N–H and O–H groups in total. The number of fused-ring (bicyclic) bond motifs is 2. The molecule has 0 saturated carbocycles. The Hall–Kier alpha value is -3.49. The van der Waals surface area contributed by atoms with Crippen LogP contribution >= 0.6 is 0 Å². The zero-order chi connectivity index (χ0) is 25.1. The highest BCUT2D eigenvalue weighted by Gasteiger charge is 2.68. The van der Waals surface area contributed by atoms with E-state index in [1.54, 1.807) is 60.7 Å². The summed E-state index contributed by atoms with van der Waals surface area (Å²) in [6.45, 7) is 0.429. The first-order valence-electron chi connectivity index (χ1n) is 12.1. The first kappa shape index (κ1) is 22.9. The highest BCUT2D eigenvalue weighted by Crippen LogP contribution is 2.61. The number of aliphatic hydroxyl groups is 1. The predicted molar refractivity (Wildman–Crippen MR) is 129 cm³/mol. The molecule has 0 aromatic heterocycles. The third-order valence-corrected chi connectivity index (χ3v) is 7.53. The number of carbonyl (C=O) groups excluding carboxylic acids is 1. The molecule has 1 fully saturated rings. The van der Waals surface area contributed by atoms with Crippen LogP contribution in [0.5, 0.6) is 11.5 Å². The molecule has 0 aliphatic carbocycles. The highest BCUT2D eigenvalue weighted by atomic mass is 19.3. The van der Waals surface area contributed by atoms with Gasteiger partial charge in [0.15, 0.2) is 0 Å². The van der Waals surface area contributed by atoms with Gasteiger partial charge in [0.2, 0.25) is 11.5 Å². The summed E-state index contributed by atoms with van der Waals surface area (Å²) in [6, 6.07) is 15.9. The Bertz CT molecular complexity index is 1340. The first-order chi connectivity index (χ1) is 17.4. The van der Waals surface area contributed by atoms with Crippen LogP contribution in [0.1, 0.15) is 39.9 Å². The average molecular weight is 493 g/mol. The van der Waals surface area contributed by atoms with Crippen molar-refractivity contribution < 1.29 is 28.2 Å². The number of amides is 1. The van der Waals surface area contributed by atoms with Crippen LogP contribution in [-0.4, -0.2) is 36.3 Å². The van der Waals surface area contributed by atoms with Crippen molar-refractivity contribution >= 4 is 5.91 Å². The summed E-state index contributed by atoms with van der Waals surface area (Å²) < 4.78 is 45.9. The average Bonchev–Trinajstić information content (AvgIpc) is 3.60. The normalized spacial score (nSPS) is 25.6. The van der Waals surface area contributed by atoms with Crippen LogP contribution in [-0.2, 0) is 17.9 Å². The van der Waals surface area contributed by atoms with Crippen LogP contribution in [0, 0.1) is 0 Å². The molecule has 0 spiro atoms. The van der Waals surface area contributed by atoms with Crippen LogP contribution in [0.2, 0.25) is 0 Å². The van der Waals surface area contributed by atoms with Gasteiger partial charge in [-0.25, -0.2) is 0 Å². The Balaban J connectivity index is 1.57. The van der Waals surface area contributed by atoms with Gasteiger partial charge in [-0.3, -0.25) is 4.79 Å². The molecule has 3 aromatic carbocycles. The Morgan fingerprint density at radius 1 is 1.08 bits per heavy atom. The maximum Gasteiger partial charge on any atom is 0.321 e. The minimum absolute atomic E-state index is 0.0696. The summed E-state index contributed by atoms with van der Waals surface area (Å²) in [5.41, 5.74) is 5.11. The number of alkyl halides is 2. The lowest BCUT2D eigenvalue weighted by Gasteiger charge is -2.39. The first-order valence-corrected chi connectivity index (χ1v) is 12.1. The van der Waals surface area contributed by atoms with Crippen molar-refractivity contribution in [1.29, 1.82) is 0 Å². The molecule has 36 heavy (non-hydrogen) atoms. The molecule has 0 bridgehead atoms. The fourth-order valence-electron chi connectivity index (χ4n) is 5.93. The molecule has 3 aliphatic heterocycles. The number of hydrogen-bond donors (Lipinski definition) is 3. The van der Waals surface area contributed by atoms with Gasteiger partial charge in [-0.2, -0.15) is 8.78 Å². The van der Waals surface area contributed by atoms with Gasteiger partial charge in [0.1, 0.15) is 17.6 Å². The Morgan fingerprint density at radius 3 is 2.58 bits per heavy atom. The van der Waals surface area contributed by atoms with Crippen LogP contribution in [0.3, 0.4) is 0 Å². The smallest absolute Gasteiger partial charge is 0.321 e.